The number of halogens is 1. The molecule has 7 nitrogen and oxygen atoms in total. The Balaban J connectivity index is 1.91. The van der Waals surface area contributed by atoms with Crippen LogP contribution in [0.5, 0.6) is 5.75 Å². The first-order valence-electron chi connectivity index (χ1n) is 11.1. The third-order valence-electron chi connectivity index (χ3n) is 6.13. The number of nitrogens with zero attached hydrogens (tertiary/aromatic N) is 1. The number of amides is 1. The number of carbonyl (C=O) groups excluding carboxylic acids is 3. The zero-order chi connectivity index (χ0) is 26.0. The van der Waals surface area contributed by atoms with Crippen LogP contribution in [0.3, 0.4) is 0 Å². The fourth-order valence-corrected chi connectivity index (χ4v) is 4.31. The number of aryl methyl sites for hydroxylation is 1. The summed E-state index contributed by atoms with van der Waals surface area (Å²) in [5, 5.41) is 11.3. The third kappa shape index (κ3) is 4.45. The van der Waals surface area contributed by atoms with Crippen molar-refractivity contribution in [2.24, 2.45) is 0 Å². The maximum Gasteiger partial charge on any atom is 0.309 e. The van der Waals surface area contributed by atoms with Gasteiger partial charge < -0.3 is 14.6 Å². The average Bonchev–Trinajstić information content (AvgIpc) is 3.14. The van der Waals surface area contributed by atoms with Crippen LogP contribution in [0.15, 0.2) is 72.3 Å². The first-order valence-corrected chi connectivity index (χ1v) is 11.1. The van der Waals surface area contributed by atoms with Gasteiger partial charge in [-0.15, -0.1) is 0 Å². The maximum absolute atomic E-state index is 14.1. The lowest BCUT2D eigenvalue weighted by atomic mass is 9.92. The average molecular weight is 489 g/mol. The molecular weight excluding hydrogens is 465 g/mol. The molecule has 1 unspecified atom stereocenters. The van der Waals surface area contributed by atoms with Gasteiger partial charge in [-0.2, -0.15) is 0 Å². The predicted molar refractivity (Wildman–Crippen MR) is 131 cm³/mol. The summed E-state index contributed by atoms with van der Waals surface area (Å²) in [7, 11) is 2.66. The number of aliphatic hydroxyl groups excluding tert-OH is 1. The topological polar surface area (TPSA) is 93.1 Å². The van der Waals surface area contributed by atoms with Crippen molar-refractivity contribution in [1.82, 2.24) is 0 Å². The smallest absolute Gasteiger partial charge is 0.309 e. The van der Waals surface area contributed by atoms with Crippen LogP contribution < -0.4 is 9.64 Å². The second kappa shape index (κ2) is 10.0. The summed E-state index contributed by atoms with van der Waals surface area (Å²) in [5.41, 5.74) is 2.24. The Morgan fingerprint density at radius 1 is 1.03 bits per heavy atom. The Kier molecular flexibility index (Phi) is 6.87. The first-order chi connectivity index (χ1) is 17.3. The van der Waals surface area contributed by atoms with Crippen LogP contribution >= 0.6 is 0 Å². The van der Waals surface area contributed by atoms with Crippen molar-refractivity contribution < 1.29 is 33.4 Å². The van der Waals surface area contributed by atoms with Gasteiger partial charge in [-0.1, -0.05) is 36.4 Å². The quantitative estimate of drug-likeness (QED) is 0.238. The van der Waals surface area contributed by atoms with Gasteiger partial charge in [0.1, 0.15) is 17.3 Å². The zero-order valence-corrected chi connectivity index (χ0v) is 19.9. The van der Waals surface area contributed by atoms with Gasteiger partial charge in [-0.05, 0) is 53.9 Å². The van der Waals surface area contributed by atoms with E-state index in [0.717, 1.165) is 11.6 Å². The van der Waals surface area contributed by atoms with Crippen molar-refractivity contribution in [2.75, 3.05) is 19.1 Å². The summed E-state index contributed by atoms with van der Waals surface area (Å²) in [6, 6.07) is 16.3. The van der Waals surface area contributed by atoms with E-state index in [1.165, 1.54) is 31.3 Å². The number of ketones is 1. The number of aliphatic hydroxyl groups is 1. The molecule has 8 heteroatoms. The molecule has 3 aromatic carbocycles. The third-order valence-corrected chi connectivity index (χ3v) is 6.13. The summed E-state index contributed by atoms with van der Waals surface area (Å²) in [5.74, 6) is -3.20. The SMILES string of the molecule is COC(=O)Cc1ccc(N2C(=O)C(=O)/C(=C(/O)c3cc(F)ccc3OC)C2c2ccccc2C)cc1. The maximum atomic E-state index is 14.1. The molecule has 3 aromatic rings. The minimum Gasteiger partial charge on any atom is -0.507 e. The van der Waals surface area contributed by atoms with E-state index in [9.17, 15) is 23.9 Å². The van der Waals surface area contributed by atoms with Crippen LogP contribution in [0.2, 0.25) is 0 Å². The fraction of sp³-hybridized carbons (Fsp3) is 0.179. The molecule has 0 aliphatic carbocycles. The number of benzene rings is 3. The van der Waals surface area contributed by atoms with Gasteiger partial charge in [0, 0.05) is 5.69 Å². The van der Waals surface area contributed by atoms with Gasteiger partial charge in [0.2, 0.25) is 0 Å². The molecule has 0 saturated carbocycles. The number of hydrogen-bond donors (Lipinski definition) is 1. The molecule has 1 atom stereocenters. The van der Waals surface area contributed by atoms with Gasteiger partial charge in [0.25, 0.3) is 11.7 Å². The van der Waals surface area contributed by atoms with Crippen molar-refractivity contribution in [1.29, 1.82) is 0 Å². The zero-order valence-electron chi connectivity index (χ0n) is 19.9. The molecule has 1 amide bonds. The standard InChI is InChI=1S/C28H24FNO6/c1-16-6-4-5-7-20(16)25-24(26(32)21-15-18(29)10-13-22(21)35-2)27(33)28(34)30(25)19-11-8-17(9-12-19)14-23(31)36-3/h4-13,15,25,32H,14H2,1-3H3/b26-24+. The molecule has 184 valence electrons. The van der Waals surface area contributed by atoms with Gasteiger partial charge in [-0.3, -0.25) is 19.3 Å². The molecule has 0 aromatic heterocycles. The molecule has 1 aliphatic rings. The Hall–Kier alpha value is -4.46. The summed E-state index contributed by atoms with van der Waals surface area (Å²) in [6.45, 7) is 1.83. The normalized spacial score (nSPS) is 16.8. The van der Waals surface area contributed by atoms with Crippen LogP contribution in [-0.2, 0) is 25.5 Å². The highest BCUT2D eigenvalue weighted by molar-refractivity contribution is 6.51. The van der Waals surface area contributed by atoms with Crippen molar-refractivity contribution in [3.8, 4) is 5.75 Å². The largest absolute Gasteiger partial charge is 0.507 e. The molecule has 4 rings (SSSR count). The Morgan fingerprint density at radius 2 is 1.72 bits per heavy atom. The van der Waals surface area contributed by atoms with Crippen molar-refractivity contribution in [2.45, 2.75) is 19.4 Å². The monoisotopic (exact) mass is 489 g/mol. The van der Waals surface area contributed by atoms with Crippen LogP contribution in [-0.4, -0.2) is 37.0 Å². The van der Waals surface area contributed by atoms with Crippen molar-refractivity contribution >= 4 is 29.1 Å². The van der Waals surface area contributed by atoms with E-state index in [1.54, 1.807) is 36.4 Å². The van der Waals surface area contributed by atoms with Crippen LogP contribution in [0.25, 0.3) is 5.76 Å². The molecule has 0 radical (unpaired) electrons. The number of carbonyl (C=O) groups is 3. The summed E-state index contributed by atoms with van der Waals surface area (Å²) < 4.78 is 24.1. The number of esters is 1. The lowest BCUT2D eigenvalue weighted by Crippen LogP contribution is -2.29. The number of ether oxygens (including phenoxy) is 2. The van der Waals surface area contributed by atoms with Gasteiger partial charge in [-0.25, -0.2) is 4.39 Å². The highest BCUT2D eigenvalue weighted by Crippen LogP contribution is 2.44. The number of rotatable bonds is 6. The van der Waals surface area contributed by atoms with Crippen LogP contribution in [0.1, 0.15) is 28.3 Å². The fourth-order valence-electron chi connectivity index (χ4n) is 4.31. The minimum atomic E-state index is -0.981. The van der Waals surface area contributed by atoms with E-state index < -0.39 is 35.3 Å². The number of methoxy groups -OCH3 is 2. The van der Waals surface area contributed by atoms with E-state index in [0.29, 0.717) is 16.8 Å². The first kappa shape index (κ1) is 24.7. The molecule has 0 spiro atoms. The second-order valence-corrected chi connectivity index (χ2v) is 8.29. The highest BCUT2D eigenvalue weighted by atomic mass is 19.1. The van der Waals surface area contributed by atoms with Crippen molar-refractivity contribution in [3.05, 3.63) is 100 Å². The lowest BCUT2D eigenvalue weighted by molar-refractivity contribution is -0.139. The molecule has 1 heterocycles. The molecule has 36 heavy (non-hydrogen) atoms. The van der Waals surface area contributed by atoms with E-state index >= 15 is 0 Å². The van der Waals surface area contributed by atoms with Crippen LogP contribution in [0, 0.1) is 12.7 Å². The lowest BCUT2D eigenvalue weighted by Gasteiger charge is -2.27. The molecular formula is C28H24FNO6. The van der Waals surface area contributed by atoms with Gasteiger partial charge in [0.15, 0.2) is 0 Å². The predicted octanol–water partition coefficient (Wildman–Crippen LogP) is 4.48. The van der Waals surface area contributed by atoms with Gasteiger partial charge >= 0.3 is 5.97 Å². The Bertz CT molecular complexity index is 1380. The van der Waals surface area contributed by atoms with Crippen molar-refractivity contribution in [3.63, 3.8) is 0 Å². The molecule has 1 saturated heterocycles. The number of anilines is 1. The summed E-state index contributed by atoms with van der Waals surface area (Å²) in [6.07, 6.45) is 0.0518. The highest BCUT2D eigenvalue weighted by Gasteiger charge is 2.47. The Morgan fingerprint density at radius 3 is 2.36 bits per heavy atom. The van der Waals surface area contributed by atoms with Gasteiger partial charge in [0.05, 0.1) is 37.8 Å². The molecule has 1 N–H and O–H groups in total. The van der Waals surface area contributed by atoms with E-state index in [1.807, 2.05) is 19.1 Å². The summed E-state index contributed by atoms with van der Waals surface area (Å²) in [4.78, 5) is 39.6. The number of Topliss-reactive ketones (excluding diaryl/α,β-unsaturated/α-hetero) is 1. The number of hydrogen-bond acceptors (Lipinski definition) is 6. The second-order valence-electron chi connectivity index (χ2n) is 8.29. The van der Waals surface area contributed by atoms with Crippen LogP contribution in [0.4, 0.5) is 10.1 Å². The summed E-state index contributed by atoms with van der Waals surface area (Å²) >= 11 is 0. The van der Waals surface area contributed by atoms with E-state index in [-0.39, 0.29) is 23.3 Å². The van der Waals surface area contributed by atoms with E-state index in [2.05, 4.69) is 0 Å². The molecule has 0 bridgehead atoms. The molecule has 1 fully saturated rings. The molecule has 1 aliphatic heterocycles. The van der Waals surface area contributed by atoms with E-state index in [4.69, 9.17) is 9.47 Å². The minimum absolute atomic E-state index is 0.0393. The Labute approximate surface area is 207 Å².